The smallest absolute Gasteiger partial charge is 0.319 e. The maximum absolute atomic E-state index is 12.0. The van der Waals surface area contributed by atoms with E-state index >= 15 is 0 Å². The first-order valence-electron chi connectivity index (χ1n) is 8.18. The van der Waals surface area contributed by atoms with E-state index in [4.69, 9.17) is 5.73 Å². The summed E-state index contributed by atoms with van der Waals surface area (Å²) in [5.41, 5.74) is 7.91. The van der Waals surface area contributed by atoms with Crippen molar-refractivity contribution in [3.05, 3.63) is 54.4 Å². The molecule has 25 heavy (non-hydrogen) atoms. The molecular formula is C18H23N5O2. The number of nitrogens with zero attached hydrogens (tertiary/aromatic N) is 1. The Labute approximate surface area is 147 Å². The van der Waals surface area contributed by atoms with Gasteiger partial charge in [-0.15, -0.1) is 0 Å². The second-order valence-corrected chi connectivity index (χ2v) is 5.63. The van der Waals surface area contributed by atoms with Crippen LogP contribution in [0.4, 0.5) is 16.2 Å². The highest BCUT2D eigenvalue weighted by Crippen LogP contribution is 2.15. The van der Waals surface area contributed by atoms with Crippen molar-refractivity contribution in [1.82, 2.24) is 10.3 Å². The number of nitrogens with two attached hydrogens (primary N) is 1. The first-order chi connectivity index (χ1) is 12.1. The van der Waals surface area contributed by atoms with Gasteiger partial charge in [0.2, 0.25) is 5.91 Å². The molecule has 0 spiro atoms. The van der Waals surface area contributed by atoms with Crippen molar-refractivity contribution in [2.75, 3.05) is 10.6 Å². The first-order valence-corrected chi connectivity index (χ1v) is 8.18. The zero-order valence-corrected chi connectivity index (χ0v) is 14.2. The van der Waals surface area contributed by atoms with Crippen LogP contribution in [0, 0.1) is 0 Å². The number of pyridine rings is 1. The molecule has 1 unspecified atom stereocenters. The fourth-order valence-corrected chi connectivity index (χ4v) is 2.21. The Balaban J connectivity index is 1.88. The number of carbonyl (C=O) groups is 2. The summed E-state index contributed by atoms with van der Waals surface area (Å²) >= 11 is 0. The third-order valence-electron chi connectivity index (χ3n) is 3.53. The molecule has 0 fully saturated rings. The molecule has 0 aliphatic carbocycles. The molecule has 0 aliphatic heterocycles. The van der Waals surface area contributed by atoms with Crippen molar-refractivity contribution in [3.8, 4) is 0 Å². The van der Waals surface area contributed by atoms with Gasteiger partial charge in [0.15, 0.2) is 0 Å². The minimum absolute atomic E-state index is 0.235. The number of benzene rings is 1. The van der Waals surface area contributed by atoms with Crippen LogP contribution in [-0.2, 0) is 11.3 Å². The van der Waals surface area contributed by atoms with E-state index in [0.29, 0.717) is 24.3 Å². The van der Waals surface area contributed by atoms with E-state index in [-0.39, 0.29) is 11.9 Å². The largest absolute Gasteiger partial charge is 0.334 e. The van der Waals surface area contributed by atoms with Gasteiger partial charge >= 0.3 is 6.03 Å². The number of aromatic nitrogens is 1. The molecule has 1 aromatic carbocycles. The summed E-state index contributed by atoms with van der Waals surface area (Å²) in [6.07, 6.45) is 4.81. The number of anilines is 2. The van der Waals surface area contributed by atoms with Crippen molar-refractivity contribution >= 4 is 23.3 Å². The number of nitrogens with one attached hydrogen (secondary N) is 3. The van der Waals surface area contributed by atoms with Gasteiger partial charge in [-0.3, -0.25) is 9.78 Å². The highest BCUT2D eigenvalue weighted by Gasteiger charge is 2.12. The maximum Gasteiger partial charge on any atom is 0.319 e. The summed E-state index contributed by atoms with van der Waals surface area (Å²) in [5.74, 6) is -0.235. The molecule has 1 aromatic heterocycles. The van der Waals surface area contributed by atoms with Crippen LogP contribution in [0.15, 0.2) is 48.8 Å². The van der Waals surface area contributed by atoms with E-state index in [1.807, 2.05) is 19.1 Å². The zero-order valence-electron chi connectivity index (χ0n) is 14.2. The van der Waals surface area contributed by atoms with Crippen LogP contribution < -0.4 is 21.7 Å². The second kappa shape index (κ2) is 9.39. The zero-order chi connectivity index (χ0) is 18.1. The molecule has 5 N–H and O–H groups in total. The van der Waals surface area contributed by atoms with E-state index in [1.165, 1.54) is 0 Å². The third-order valence-corrected chi connectivity index (χ3v) is 3.53. The topological polar surface area (TPSA) is 109 Å². The summed E-state index contributed by atoms with van der Waals surface area (Å²) < 4.78 is 0. The number of amides is 3. The Hall–Kier alpha value is -2.93. The van der Waals surface area contributed by atoms with Crippen LogP contribution in [0.25, 0.3) is 0 Å². The molecule has 132 valence electrons. The lowest BCUT2D eigenvalue weighted by atomic mass is 10.1. The van der Waals surface area contributed by atoms with Crippen LogP contribution in [0.1, 0.15) is 25.3 Å². The minimum Gasteiger partial charge on any atom is -0.334 e. The molecule has 1 atom stereocenters. The van der Waals surface area contributed by atoms with Gasteiger partial charge in [-0.2, -0.15) is 0 Å². The van der Waals surface area contributed by atoms with Gasteiger partial charge in [0, 0.05) is 30.3 Å². The molecule has 7 heteroatoms. The van der Waals surface area contributed by atoms with Crippen molar-refractivity contribution in [1.29, 1.82) is 0 Å². The van der Waals surface area contributed by atoms with Gasteiger partial charge in [-0.05, 0) is 42.3 Å². The summed E-state index contributed by atoms with van der Waals surface area (Å²) in [4.78, 5) is 27.8. The average molecular weight is 341 g/mol. The predicted molar refractivity (Wildman–Crippen MR) is 98.1 cm³/mol. The standard InChI is InChI=1S/C18H23N5O2/c1-2-4-16(19)17(24)22-14-5-3-6-15(11-14)23-18(25)21-12-13-7-9-20-10-8-13/h3,5-11,16H,2,4,12,19H2,1H3,(H,22,24)(H2,21,23,25). The van der Waals surface area contributed by atoms with E-state index in [0.717, 1.165) is 12.0 Å². The van der Waals surface area contributed by atoms with E-state index in [9.17, 15) is 9.59 Å². The molecule has 7 nitrogen and oxygen atoms in total. The number of urea groups is 1. The van der Waals surface area contributed by atoms with Gasteiger partial charge in [0.1, 0.15) is 0 Å². The normalized spacial score (nSPS) is 11.4. The summed E-state index contributed by atoms with van der Waals surface area (Å²) in [6, 6.07) is 9.71. The van der Waals surface area contributed by atoms with Crippen molar-refractivity contribution in [2.24, 2.45) is 5.73 Å². The monoisotopic (exact) mass is 341 g/mol. The third kappa shape index (κ3) is 6.23. The van der Waals surface area contributed by atoms with Gasteiger partial charge in [0.05, 0.1) is 6.04 Å². The molecule has 0 saturated heterocycles. The summed E-state index contributed by atoms with van der Waals surface area (Å²) in [6.45, 7) is 2.37. The number of rotatable bonds is 7. The van der Waals surface area contributed by atoms with E-state index in [2.05, 4.69) is 20.9 Å². The molecule has 0 bridgehead atoms. The Kier molecular flexibility index (Phi) is 6.91. The Morgan fingerprint density at radius 3 is 2.48 bits per heavy atom. The van der Waals surface area contributed by atoms with Crippen molar-refractivity contribution in [3.63, 3.8) is 0 Å². The van der Waals surface area contributed by atoms with Gasteiger partial charge in [-0.1, -0.05) is 19.4 Å². The van der Waals surface area contributed by atoms with Crippen LogP contribution in [0.2, 0.25) is 0 Å². The molecule has 2 aromatic rings. The molecule has 1 heterocycles. The van der Waals surface area contributed by atoms with Gasteiger partial charge < -0.3 is 21.7 Å². The van der Waals surface area contributed by atoms with Crippen LogP contribution >= 0.6 is 0 Å². The lowest BCUT2D eigenvalue weighted by Crippen LogP contribution is -2.35. The lowest BCUT2D eigenvalue weighted by molar-refractivity contribution is -0.117. The first kappa shape index (κ1) is 18.4. The molecule has 0 saturated carbocycles. The molecule has 0 radical (unpaired) electrons. The number of hydrogen-bond acceptors (Lipinski definition) is 4. The van der Waals surface area contributed by atoms with Gasteiger partial charge in [-0.25, -0.2) is 4.79 Å². The highest BCUT2D eigenvalue weighted by atomic mass is 16.2. The van der Waals surface area contributed by atoms with Crippen LogP contribution in [0.3, 0.4) is 0 Å². The van der Waals surface area contributed by atoms with Crippen molar-refractivity contribution in [2.45, 2.75) is 32.4 Å². The minimum atomic E-state index is -0.537. The maximum atomic E-state index is 12.0. The fraction of sp³-hybridized carbons (Fsp3) is 0.278. The average Bonchev–Trinajstić information content (AvgIpc) is 2.61. The van der Waals surface area contributed by atoms with E-state index in [1.54, 1.807) is 36.7 Å². The van der Waals surface area contributed by atoms with Crippen molar-refractivity contribution < 1.29 is 9.59 Å². The molecule has 0 aliphatic rings. The van der Waals surface area contributed by atoms with Crippen LogP contribution in [0.5, 0.6) is 0 Å². The summed E-state index contributed by atoms with van der Waals surface area (Å²) in [7, 11) is 0. The Morgan fingerprint density at radius 1 is 1.12 bits per heavy atom. The summed E-state index contributed by atoms with van der Waals surface area (Å²) in [5, 5.41) is 8.24. The number of hydrogen-bond donors (Lipinski definition) is 4. The van der Waals surface area contributed by atoms with E-state index < -0.39 is 6.04 Å². The predicted octanol–water partition coefficient (Wildman–Crippen LogP) is 2.47. The Bertz CT molecular complexity index is 706. The molecular weight excluding hydrogens is 318 g/mol. The quantitative estimate of drug-likeness (QED) is 0.620. The second-order valence-electron chi connectivity index (χ2n) is 5.63. The lowest BCUT2D eigenvalue weighted by Gasteiger charge is -2.13. The number of carbonyl (C=O) groups excluding carboxylic acids is 2. The molecule has 3 amide bonds. The SMILES string of the molecule is CCCC(N)C(=O)Nc1cccc(NC(=O)NCc2ccncc2)c1. The fourth-order valence-electron chi connectivity index (χ4n) is 2.21. The van der Waals surface area contributed by atoms with Crippen LogP contribution in [-0.4, -0.2) is 23.0 Å². The molecule has 2 rings (SSSR count). The van der Waals surface area contributed by atoms with Gasteiger partial charge in [0.25, 0.3) is 0 Å². The highest BCUT2D eigenvalue weighted by molar-refractivity contribution is 5.96. The Morgan fingerprint density at radius 2 is 1.80 bits per heavy atom.